The van der Waals surface area contributed by atoms with E-state index >= 15 is 0 Å². The summed E-state index contributed by atoms with van der Waals surface area (Å²) in [6.07, 6.45) is 6.19. The van der Waals surface area contributed by atoms with Crippen molar-refractivity contribution in [3.63, 3.8) is 0 Å². The summed E-state index contributed by atoms with van der Waals surface area (Å²) in [7, 11) is 2.24. The van der Waals surface area contributed by atoms with Crippen LogP contribution in [0.25, 0.3) is 11.1 Å². The van der Waals surface area contributed by atoms with Crippen LogP contribution in [0.4, 0.5) is 0 Å². The van der Waals surface area contributed by atoms with Crippen LogP contribution in [0.15, 0.2) is 42.5 Å². The zero-order chi connectivity index (χ0) is 18.5. The average molecular weight is 351 g/mol. The van der Waals surface area contributed by atoms with Crippen molar-refractivity contribution in [2.24, 2.45) is 0 Å². The summed E-state index contributed by atoms with van der Waals surface area (Å²) in [5.74, 6) is -0.781. The van der Waals surface area contributed by atoms with E-state index in [0.29, 0.717) is 6.04 Å². The number of carboxylic acid groups (broad SMARTS) is 1. The van der Waals surface area contributed by atoms with Gasteiger partial charge in [-0.2, -0.15) is 0 Å². The number of carboxylic acids is 1. The molecule has 1 aliphatic rings. The first-order valence-corrected chi connectivity index (χ1v) is 9.64. The number of hydrogen-bond donors (Lipinski definition) is 1. The lowest BCUT2D eigenvalue weighted by Crippen LogP contribution is -2.36. The molecule has 1 atom stereocenters. The van der Waals surface area contributed by atoms with Gasteiger partial charge in [0.05, 0.1) is 6.42 Å². The van der Waals surface area contributed by atoms with Gasteiger partial charge in [0.15, 0.2) is 0 Å². The highest BCUT2D eigenvalue weighted by molar-refractivity contribution is 5.78. The molecule has 3 rings (SSSR count). The van der Waals surface area contributed by atoms with Gasteiger partial charge in [-0.15, -0.1) is 0 Å². The van der Waals surface area contributed by atoms with Crippen LogP contribution in [0.2, 0.25) is 0 Å². The first-order valence-electron chi connectivity index (χ1n) is 9.64. The van der Waals surface area contributed by atoms with Crippen LogP contribution in [-0.4, -0.2) is 35.6 Å². The molecule has 3 heteroatoms. The third kappa shape index (κ3) is 4.53. The van der Waals surface area contributed by atoms with Crippen LogP contribution < -0.4 is 0 Å². The molecule has 1 aliphatic heterocycles. The molecule has 0 aliphatic carbocycles. The van der Waals surface area contributed by atoms with Crippen LogP contribution in [0.5, 0.6) is 0 Å². The summed E-state index contributed by atoms with van der Waals surface area (Å²) in [6.45, 7) is 3.26. The van der Waals surface area contributed by atoms with Crippen molar-refractivity contribution in [3.8, 4) is 11.1 Å². The van der Waals surface area contributed by atoms with Gasteiger partial charge in [-0.1, -0.05) is 54.4 Å². The predicted octanol–water partition coefficient (Wildman–Crippen LogP) is 4.71. The monoisotopic (exact) mass is 351 g/mol. The summed E-state index contributed by atoms with van der Waals surface area (Å²) in [5.41, 5.74) is 5.64. The maximum atomic E-state index is 11.3. The SMILES string of the molecule is Cc1ccc(CC(=O)O)c(-c2ccccc2CCC2CCCCN2C)c1. The fourth-order valence-electron chi connectivity index (χ4n) is 4.09. The number of aryl methyl sites for hydroxylation is 2. The zero-order valence-corrected chi connectivity index (χ0v) is 15.9. The van der Waals surface area contributed by atoms with Crippen molar-refractivity contribution >= 4 is 5.97 Å². The molecule has 0 radical (unpaired) electrons. The first kappa shape index (κ1) is 18.7. The average Bonchev–Trinajstić information content (AvgIpc) is 2.62. The molecule has 1 N–H and O–H groups in total. The van der Waals surface area contributed by atoms with E-state index in [9.17, 15) is 9.90 Å². The highest BCUT2D eigenvalue weighted by Crippen LogP contribution is 2.30. The normalized spacial score (nSPS) is 18.0. The number of aliphatic carboxylic acids is 1. The summed E-state index contributed by atoms with van der Waals surface area (Å²) in [5, 5.41) is 9.27. The molecule has 138 valence electrons. The molecular formula is C23H29NO2. The molecular weight excluding hydrogens is 322 g/mol. The minimum atomic E-state index is -0.781. The predicted molar refractivity (Wildman–Crippen MR) is 107 cm³/mol. The molecule has 0 spiro atoms. The molecule has 2 aromatic rings. The highest BCUT2D eigenvalue weighted by Gasteiger charge is 2.19. The van der Waals surface area contributed by atoms with Crippen molar-refractivity contribution in [3.05, 3.63) is 59.2 Å². The maximum absolute atomic E-state index is 11.3. The number of benzene rings is 2. The van der Waals surface area contributed by atoms with E-state index in [0.717, 1.165) is 29.5 Å². The van der Waals surface area contributed by atoms with Gasteiger partial charge < -0.3 is 10.0 Å². The van der Waals surface area contributed by atoms with Gasteiger partial charge in [0.25, 0.3) is 0 Å². The molecule has 1 saturated heterocycles. The van der Waals surface area contributed by atoms with Crippen molar-refractivity contribution in [2.45, 2.75) is 51.5 Å². The minimum absolute atomic E-state index is 0.0648. The van der Waals surface area contributed by atoms with Crippen molar-refractivity contribution in [2.75, 3.05) is 13.6 Å². The molecule has 0 saturated carbocycles. The summed E-state index contributed by atoms with van der Waals surface area (Å²) < 4.78 is 0. The molecule has 26 heavy (non-hydrogen) atoms. The van der Waals surface area contributed by atoms with Gasteiger partial charge in [0.2, 0.25) is 0 Å². The number of carbonyl (C=O) groups is 1. The Morgan fingerprint density at radius 3 is 2.69 bits per heavy atom. The van der Waals surface area contributed by atoms with Crippen LogP contribution in [0, 0.1) is 6.92 Å². The summed E-state index contributed by atoms with van der Waals surface area (Å²) >= 11 is 0. The second-order valence-corrected chi connectivity index (χ2v) is 7.56. The molecule has 1 heterocycles. The van der Waals surface area contributed by atoms with E-state index in [-0.39, 0.29) is 6.42 Å². The Bertz CT molecular complexity index is 769. The fraction of sp³-hybridized carbons (Fsp3) is 0.435. The van der Waals surface area contributed by atoms with E-state index in [1.165, 1.54) is 36.9 Å². The third-order valence-corrected chi connectivity index (χ3v) is 5.58. The van der Waals surface area contributed by atoms with E-state index < -0.39 is 5.97 Å². The zero-order valence-electron chi connectivity index (χ0n) is 15.9. The second-order valence-electron chi connectivity index (χ2n) is 7.56. The number of rotatable bonds is 6. The number of nitrogens with zero attached hydrogens (tertiary/aromatic N) is 1. The third-order valence-electron chi connectivity index (χ3n) is 5.58. The lowest BCUT2D eigenvalue weighted by molar-refractivity contribution is -0.136. The van der Waals surface area contributed by atoms with Crippen LogP contribution >= 0.6 is 0 Å². The van der Waals surface area contributed by atoms with Gasteiger partial charge in [-0.05, 0) is 68.5 Å². The maximum Gasteiger partial charge on any atom is 0.307 e. The van der Waals surface area contributed by atoms with Gasteiger partial charge >= 0.3 is 5.97 Å². The van der Waals surface area contributed by atoms with Crippen LogP contribution in [0.3, 0.4) is 0 Å². The smallest absolute Gasteiger partial charge is 0.307 e. The van der Waals surface area contributed by atoms with Crippen LogP contribution in [-0.2, 0) is 17.6 Å². The molecule has 1 unspecified atom stereocenters. The summed E-state index contributed by atoms with van der Waals surface area (Å²) in [6, 6.07) is 15.2. The lowest BCUT2D eigenvalue weighted by Gasteiger charge is -2.32. The second kappa shape index (κ2) is 8.50. The topological polar surface area (TPSA) is 40.5 Å². The number of hydrogen-bond acceptors (Lipinski definition) is 2. The largest absolute Gasteiger partial charge is 0.481 e. The molecule has 1 fully saturated rings. The molecule has 0 aromatic heterocycles. The highest BCUT2D eigenvalue weighted by atomic mass is 16.4. The lowest BCUT2D eigenvalue weighted by atomic mass is 9.89. The van der Waals surface area contributed by atoms with E-state index in [1.807, 2.05) is 12.1 Å². The van der Waals surface area contributed by atoms with Gasteiger partial charge in [0.1, 0.15) is 0 Å². The van der Waals surface area contributed by atoms with Crippen molar-refractivity contribution in [1.82, 2.24) is 4.90 Å². The van der Waals surface area contributed by atoms with Crippen molar-refractivity contribution < 1.29 is 9.90 Å². The van der Waals surface area contributed by atoms with Gasteiger partial charge in [-0.3, -0.25) is 4.79 Å². The Kier molecular flexibility index (Phi) is 6.10. The Balaban J connectivity index is 1.87. The van der Waals surface area contributed by atoms with Gasteiger partial charge in [0, 0.05) is 6.04 Å². The van der Waals surface area contributed by atoms with E-state index in [2.05, 4.69) is 49.2 Å². The molecule has 0 amide bonds. The number of likely N-dealkylation sites (tertiary alicyclic amines) is 1. The molecule has 2 aromatic carbocycles. The van der Waals surface area contributed by atoms with Crippen LogP contribution in [0.1, 0.15) is 42.4 Å². The fourth-order valence-corrected chi connectivity index (χ4v) is 4.09. The quantitative estimate of drug-likeness (QED) is 0.819. The first-order chi connectivity index (χ1) is 12.5. The Morgan fingerprint density at radius 2 is 1.92 bits per heavy atom. The Hall–Kier alpha value is -2.13. The summed E-state index contributed by atoms with van der Waals surface area (Å²) in [4.78, 5) is 13.8. The standard InChI is InChI=1S/C23H29NO2/c1-17-10-11-19(16-23(25)26)22(15-17)21-9-4-3-7-18(21)12-13-20-8-5-6-14-24(20)2/h3-4,7,9-11,15,20H,5-6,8,12-14,16H2,1-2H3,(H,25,26). The Labute approximate surface area is 156 Å². The van der Waals surface area contributed by atoms with Gasteiger partial charge in [-0.25, -0.2) is 0 Å². The molecule has 3 nitrogen and oxygen atoms in total. The van der Waals surface area contributed by atoms with E-state index in [1.54, 1.807) is 0 Å². The number of piperidine rings is 1. The van der Waals surface area contributed by atoms with Crippen molar-refractivity contribution in [1.29, 1.82) is 0 Å². The van der Waals surface area contributed by atoms with E-state index in [4.69, 9.17) is 0 Å². The Morgan fingerprint density at radius 1 is 1.12 bits per heavy atom. The minimum Gasteiger partial charge on any atom is -0.481 e. The molecule has 0 bridgehead atoms.